The third-order valence-corrected chi connectivity index (χ3v) is 0.696. The fourth-order valence-corrected chi connectivity index (χ4v) is 0.390. The summed E-state index contributed by atoms with van der Waals surface area (Å²) < 4.78 is 16.2. The van der Waals surface area contributed by atoms with E-state index in [2.05, 4.69) is 0 Å². The molecule has 0 aromatic heterocycles. The average Bonchev–Trinajstić information content (AvgIpc) is 1.63. The first-order valence-electron chi connectivity index (χ1n) is 2.99. The van der Waals surface area contributed by atoms with Gasteiger partial charge in [0.05, 0.1) is 13.2 Å². The zero-order valence-electron chi connectivity index (χ0n) is 5.98. The van der Waals surface area contributed by atoms with Crippen molar-refractivity contribution >= 4 is 0 Å². The van der Waals surface area contributed by atoms with E-state index in [4.69, 9.17) is 10.5 Å². The topological polar surface area (TPSA) is 35.2 Å². The molecular weight excluding hydrogens is 121 g/mol. The lowest BCUT2D eigenvalue weighted by molar-refractivity contribution is 0.0862. The number of halogens is 1. The summed E-state index contributed by atoms with van der Waals surface area (Å²) in [7, 11) is 0. The summed E-state index contributed by atoms with van der Waals surface area (Å²) in [5.74, 6) is 0. The molecule has 0 saturated heterocycles. The molecule has 0 bridgehead atoms. The molecule has 0 rings (SSSR count). The Morgan fingerprint density at radius 3 is 2.44 bits per heavy atom. The third kappa shape index (κ3) is 7.85. The predicted octanol–water partition coefficient (Wildman–Crippen LogP) is 0.710. The van der Waals surface area contributed by atoms with E-state index in [1.54, 1.807) is 0 Å². The monoisotopic (exact) mass is 135 g/mol. The summed E-state index contributed by atoms with van der Waals surface area (Å²) in [6.45, 7) is 3.81. The van der Waals surface area contributed by atoms with Gasteiger partial charge in [-0.1, -0.05) is 0 Å². The highest BCUT2D eigenvalue weighted by molar-refractivity contribution is 4.69. The summed E-state index contributed by atoms with van der Waals surface area (Å²) in [6, 6.07) is 0. The van der Waals surface area contributed by atoms with Crippen molar-refractivity contribution in [2.75, 3.05) is 19.9 Å². The minimum absolute atomic E-state index is 0.153. The van der Waals surface area contributed by atoms with E-state index in [1.807, 2.05) is 13.8 Å². The van der Waals surface area contributed by atoms with Crippen LogP contribution in [0.3, 0.4) is 0 Å². The molecule has 2 nitrogen and oxygen atoms in total. The zero-order chi connectivity index (χ0) is 7.33. The van der Waals surface area contributed by atoms with Gasteiger partial charge in [-0.2, -0.15) is 0 Å². The third-order valence-electron chi connectivity index (χ3n) is 0.696. The van der Waals surface area contributed by atoms with E-state index in [1.165, 1.54) is 0 Å². The number of hydrogen-bond acceptors (Lipinski definition) is 2. The average molecular weight is 135 g/mol. The van der Waals surface area contributed by atoms with Gasteiger partial charge in [0.25, 0.3) is 0 Å². The fourth-order valence-electron chi connectivity index (χ4n) is 0.390. The predicted molar refractivity (Wildman–Crippen MR) is 35.1 cm³/mol. The second-order valence-electron chi connectivity index (χ2n) is 2.73. The van der Waals surface area contributed by atoms with E-state index < -0.39 is 6.67 Å². The highest BCUT2D eigenvalue weighted by Crippen LogP contribution is 1.95. The molecule has 3 heteroatoms. The first-order valence-corrected chi connectivity index (χ1v) is 2.99. The number of hydrogen-bond donors (Lipinski definition) is 1. The van der Waals surface area contributed by atoms with E-state index in [9.17, 15) is 4.39 Å². The van der Waals surface area contributed by atoms with Gasteiger partial charge in [-0.05, 0) is 13.8 Å². The second-order valence-corrected chi connectivity index (χ2v) is 2.73. The maximum absolute atomic E-state index is 11.4. The Bertz CT molecular complexity index is 69.9. The molecule has 0 aliphatic heterocycles. The molecule has 2 N–H and O–H groups in total. The highest BCUT2D eigenvalue weighted by atomic mass is 19.1. The molecule has 0 amide bonds. The number of ether oxygens (including phenoxy) is 1. The van der Waals surface area contributed by atoms with Gasteiger partial charge in [0.1, 0.15) is 6.67 Å². The van der Waals surface area contributed by atoms with Crippen molar-refractivity contribution in [1.29, 1.82) is 0 Å². The van der Waals surface area contributed by atoms with Gasteiger partial charge in [-0.25, -0.2) is 4.39 Å². The summed E-state index contributed by atoms with van der Waals surface area (Å²) >= 11 is 0. The molecule has 56 valence electrons. The Morgan fingerprint density at radius 1 is 1.56 bits per heavy atom. The lowest BCUT2D eigenvalue weighted by atomic mass is 10.1. The molecule has 0 saturated carbocycles. The molecule has 0 aromatic carbocycles. The van der Waals surface area contributed by atoms with E-state index >= 15 is 0 Å². The van der Waals surface area contributed by atoms with Gasteiger partial charge in [-0.3, -0.25) is 0 Å². The second kappa shape index (κ2) is 3.80. The zero-order valence-corrected chi connectivity index (χ0v) is 5.98. The van der Waals surface area contributed by atoms with Crippen molar-refractivity contribution in [3.05, 3.63) is 0 Å². The van der Waals surface area contributed by atoms with Gasteiger partial charge in [0.2, 0.25) is 0 Å². The Morgan fingerprint density at radius 2 is 2.11 bits per heavy atom. The van der Waals surface area contributed by atoms with Crippen molar-refractivity contribution in [3.8, 4) is 0 Å². The minimum atomic E-state index is -0.434. The van der Waals surface area contributed by atoms with Crippen LogP contribution < -0.4 is 5.73 Å². The van der Waals surface area contributed by atoms with Crippen LogP contribution in [-0.2, 0) is 4.74 Å². The molecule has 9 heavy (non-hydrogen) atoms. The van der Waals surface area contributed by atoms with Crippen LogP contribution in [0.5, 0.6) is 0 Å². The molecule has 0 aromatic rings. The summed E-state index contributed by atoms with van der Waals surface area (Å²) in [4.78, 5) is 0. The van der Waals surface area contributed by atoms with Crippen molar-refractivity contribution in [1.82, 2.24) is 0 Å². The fraction of sp³-hybridized carbons (Fsp3) is 1.00. The molecule has 0 aliphatic carbocycles. The van der Waals surface area contributed by atoms with Crippen molar-refractivity contribution in [2.45, 2.75) is 19.4 Å². The SMILES string of the molecule is CC(C)(N)COCCF. The summed E-state index contributed by atoms with van der Waals surface area (Å²) in [6.07, 6.45) is 0. The van der Waals surface area contributed by atoms with Crippen LogP contribution in [0.1, 0.15) is 13.8 Å². The number of nitrogens with two attached hydrogens (primary N) is 1. The van der Waals surface area contributed by atoms with Crippen molar-refractivity contribution in [2.24, 2.45) is 5.73 Å². The maximum atomic E-state index is 11.4. The molecule has 0 heterocycles. The molecule has 0 radical (unpaired) electrons. The number of rotatable bonds is 4. The molecule has 0 unspecified atom stereocenters. The van der Waals surface area contributed by atoms with Gasteiger partial charge in [0, 0.05) is 5.54 Å². The first kappa shape index (κ1) is 8.85. The van der Waals surface area contributed by atoms with Crippen LogP contribution in [0.25, 0.3) is 0 Å². The van der Waals surface area contributed by atoms with Gasteiger partial charge < -0.3 is 10.5 Å². The standard InChI is InChI=1S/C6H14FNO/c1-6(2,8)5-9-4-3-7/h3-5,8H2,1-2H3. The van der Waals surface area contributed by atoms with Crippen LogP contribution in [-0.4, -0.2) is 25.4 Å². The Kier molecular flexibility index (Phi) is 3.73. The van der Waals surface area contributed by atoms with Gasteiger partial charge in [-0.15, -0.1) is 0 Å². The Balaban J connectivity index is 3.07. The van der Waals surface area contributed by atoms with E-state index in [0.717, 1.165) is 0 Å². The van der Waals surface area contributed by atoms with E-state index in [0.29, 0.717) is 6.61 Å². The van der Waals surface area contributed by atoms with Crippen molar-refractivity contribution in [3.63, 3.8) is 0 Å². The van der Waals surface area contributed by atoms with Crippen LogP contribution >= 0.6 is 0 Å². The van der Waals surface area contributed by atoms with Crippen LogP contribution in [0.4, 0.5) is 4.39 Å². The Labute approximate surface area is 55.2 Å². The highest BCUT2D eigenvalue weighted by Gasteiger charge is 2.09. The summed E-state index contributed by atoms with van der Waals surface area (Å²) in [5, 5.41) is 0. The smallest absolute Gasteiger partial charge is 0.113 e. The normalized spacial score (nSPS) is 12.0. The molecule has 0 spiro atoms. The molecule has 0 aliphatic rings. The lowest BCUT2D eigenvalue weighted by Crippen LogP contribution is -2.37. The van der Waals surface area contributed by atoms with Gasteiger partial charge >= 0.3 is 0 Å². The lowest BCUT2D eigenvalue weighted by Gasteiger charge is -2.17. The number of alkyl halides is 1. The largest absolute Gasteiger partial charge is 0.377 e. The minimum Gasteiger partial charge on any atom is -0.377 e. The molecule has 0 fully saturated rings. The van der Waals surface area contributed by atoms with Crippen LogP contribution in [0.15, 0.2) is 0 Å². The van der Waals surface area contributed by atoms with Crippen molar-refractivity contribution < 1.29 is 9.13 Å². The molecular formula is C6H14FNO. The maximum Gasteiger partial charge on any atom is 0.113 e. The quantitative estimate of drug-likeness (QED) is 0.576. The summed E-state index contributed by atoms with van der Waals surface area (Å²) in [5.41, 5.74) is 5.19. The first-order chi connectivity index (χ1) is 4.06. The van der Waals surface area contributed by atoms with Gasteiger partial charge in [0.15, 0.2) is 0 Å². The van der Waals surface area contributed by atoms with Crippen LogP contribution in [0.2, 0.25) is 0 Å². The van der Waals surface area contributed by atoms with Crippen LogP contribution in [0, 0.1) is 0 Å². The van der Waals surface area contributed by atoms with E-state index in [-0.39, 0.29) is 12.1 Å². The molecule has 0 atom stereocenters. The Hall–Kier alpha value is -0.150.